The number of sulfone groups is 1. The summed E-state index contributed by atoms with van der Waals surface area (Å²) in [5, 5.41) is -0.695. The van der Waals surface area contributed by atoms with Crippen molar-refractivity contribution in [1.82, 2.24) is 4.31 Å². The first-order chi connectivity index (χ1) is 10.4. The molecule has 2 unspecified atom stereocenters. The standard InChI is InChI=1S/C16H25NO4S2/c1-12-13(2)22(18,19)11-10-17(12)23(20,21)15-8-6-14(7-9-15)16(3,4)5/h6-9,12-13H,10-11H2,1-5H3. The van der Waals surface area contributed by atoms with Crippen LogP contribution < -0.4 is 0 Å². The lowest BCUT2D eigenvalue weighted by Crippen LogP contribution is -2.54. The summed E-state index contributed by atoms with van der Waals surface area (Å²) < 4.78 is 50.9. The first-order valence-electron chi connectivity index (χ1n) is 7.71. The number of hydrogen-bond donors (Lipinski definition) is 0. The molecule has 0 spiro atoms. The average molecular weight is 360 g/mol. The van der Waals surface area contributed by atoms with Crippen molar-refractivity contribution in [2.45, 2.75) is 56.2 Å². The predicted molar refractivity (Wildman–Crippen MR) is 91.7 cm³/mol. The lowest BCUT2D eigenvalue weighted by Gasteiger charge is -2.36. The van der Waals surface area contributed by atoms with Gasteiger partial charge in [-0.15, -0.1) is 0 Å². The number of sulfonamides is 1. The van der Waals surface area contributed by atoms with Crippen LogP contribution in [0.15, 0.2) is 29.2 Å². The Hall–Kier alpha value is -0.920. The molecular formula is C16H25NO4S2. The van der Waals surface area contributed by atoms with E-state index < -0.39 is 31.2 Å². The van der Waals surface area contributed by atoms with Gasteiger partial charge in [0.2, 0.25) is 10.0 Å². The lowest BCUT2D eigenvalue weighted by molar-refractivity contribution is 0.327. The Morgan fingerprint density at radius 2 is 1.61 bits per heavy atom. The zero-order chi connectivity index (χ0) is 17.6. The van der Waals surface area contributed by atoms with Gasteiger partial charge in [-0.3, -0.25) is 0 Å². The second-order valence-corrected chi connectivity index (χ2v) is 11.6. The molecule has 0 saturated carbocycles. The summed E-state index contributed by atoms with van der Waals surface area (Å²) >= 11 is 0. The molecule has 1 fully saturated rings. The highest BCUT2D eigenvalue weighted by Crippen LogP contribution is 2.28. The third-order valence-electron chi connectivity index (χ3n) is 4.62. The van der Waals surface area contributed by atoms with Gasteiger partial charge in [-0.05, 0) is 37.0 Å². The van der Waals surface area contributed by atoms with Gasteiger partial charge < -0.3 is 0 Å². The average Bonchev–Trinajstić information content (AvgIpc) is 2.44. The van der Waals surface area contributed by atoms with Crippen molar-refractivity contribution in [1.29, 1.82) is 0 Å². The first kappa shape index (κ1) is 18.4. The molecule has 0 N–H and O–H groups in total. The van der Waals surface area contributed by atoms with Crippen LogP contribution in [-0.2, 0) is 25.3 Å². The summed E-state index contributed by atoms with van der Waals surface area (Å²) in [4.78, 5) is 0.212. The van der Waals surface area contributed by atoms with E-state index in [2.05, 4.69) is 20.8 Å². The Bertz CT molecular complexity index is 774. The molecule has 1 aromatic carbocycles. The zero-order valence-electron chi connectivity index (χ0n) is 14.3. The Balaban J connectivity index is 2.36. The van der Waals surface area contributed by atoms with Gasteiger partial charge in [0.1, 0.15) is 0 Å². The molecule has 1 aromatic rings. The normalized spacial score (nSPS) is 26.1. The van der Waals surface area contributed by atoms with Gasteiger partial charge in [0, 0.05) is 12.6 Å². The summed E-state index contributed by atoms with van der Waals surface area (Å²) in [5.41, 5.74) is 1.00. The summed E-state index contributed by atoms with van der Waals surface area (Å²) in [6.45, 7) is 9.44. The minimum atomic E-state index is -3.69. The fourth-order valence-electron chi connectivity index (χ4n) is 2.74. The van der Waals surface area contributed by atoms with Crippen molar-refractivity contribution in [2.24, 2.45) is 0 Å². The zero-order valence-corrected chi connectivity index (χ0v) is 15.9. The van der Waals surface area contributed by atoms with E-state index in [0.717, 1.165) is 5.56 Å². The van der Waals surface area contributed by atoms with Crippen LogP contribution in [0.5, 0.6) is 0 Å². The molecule has 0 amide bonds. The molecule has 2 rings (SSSR count). The third-order valence-corrected chi connectivity index (χ3v) is 8.90. The van der Waals surface area contributed by atoms with Crippen LogP contribution in [0.25, 0.3) is 0 Å². The van der Waals surface area contributed by atoms with E-state index in [1.807, 2.05) is 12.1 Å². The SMILES string of the molecule is CC1C(C)S(=O)(=O)CCN1S(=O)(=O)c1ccc(C(C)(C)C)cc1. The quantitative estimate of drug-likeness (QED) is 0.811. The molecule has 1 saturated heterocycles. The van der Waals surface area contributed by atoms with Gasteiger partial charge in [-0.25, -0.2) is 16.8 Å². The Kier molecular flexibility index (Phi) is 4.69. The monoisotopic (exact) mass is 359 g/mol. The number of rotatable bonds is 2. The topological polar surface area (TPSA) is 71.5 Å². The maximum Gasteiger partial charge on any atom is 0.243 e. The molecule has 7 heteroatoms. The molecule has 0 radical (unpaired) electrons. The Morgan fingerprint density at radius 1 is 1.09 bits per heavy atom. The predicted octanol–water partition coefficient (Wildman–Crippen LogP) is 2.18. The van der Waals surface area contributed by atoms with Gasteiger partial charge in [-0.2, -0.15) is 4.31 Å². The molecule has 2 atom stereocenters. The largest absolute Gasteiger partial charge is 0.243 e. The van der Waals surface area contributed by atoms with Crippen molar-refractivity contribution in [3.63, 3.8) is 0 Å². The fourth-order valence-corrected chi connectivity index (χ4v) is 6.21. The molecule has 23 heavy (non-hydrogen) atoms. The maximum absolute atomic E-state index is 12.8. The highest BCUT2D eigenvalue weighted by atomic mass is 32.2. The molecule has 5 nitrogen and oxygen atoms in total. The fraction of sp³-hybridized carbons (Fsp3) is 0.625. The van der Waals surface area contributed by atoms with Crippen molar-refractivity contribution in [3.05, 3.63) is 29.8 Å². The minimum Gasteiger partial charge on any atom is -0.228 e. The molecule has 0 aromatic heterocycles. The molecule has 1 aliphatic heterocycles. The van der Waals surface area contributed by atoms with E-state index in [0.29, 0.717) is 0 Å². The summed E-state index contributed by atoms with van der Waals surface area (Å²) in [6, 6.07) is 6.29. The molecule has 1 aliphatic rings. The third kappa shape index (κ3) is 3.46. The van der Waals surface area contributed by atoms with Crippen molar-refractivity contribution >= 4 is 19.9 Å². The Labute approximate surface area is 139 Å². The molecular weight excluding hydrogens is 334 g/mol. The first-order valence-corrected chi connectivity index (χ1v) is 10.9. The van der Waals surface area contributed by atoms with Crippen LogP contribution in [0.4, 0.5) is 0 Å². The smallest absolute Gasteiger partial charge is 0.228 e. The van der Waals surface area contributed by atoms with Crippen molar-refractivity contribution in [2.75, 3.05) is 12.3 Å². The van der Waals surface area contributed by atoms with Crippen LogP contribution >= 0.6 is 0 Å². The Morgan fingerprint density at radius 3 is 2.09 bits per heavy atom. The van der Waals surface area contributed by atoms with Gasteiger partial charge in [0.05, 0.1) is 15.9 Å². The highest BCUT2D eigenvalue weighted by Gasteiger charge is 2.41. The van der Waals surface area contributed by atoms with E-state index in [-0.39, 0.29) is 22.6 Å². The molecule has 0 bridgehead atoms. The second kappa shape index (κ2) is 5.86. The van der Waals surface area contributed by atoms with Crippen molar-refractivity contribution < 1.29 is 16.8 Å². The van der Waals surface area contributed by atoms with E-state index >= 15 is 0 Å². The summed E-state index contributed by atoms with van der Waals surface area (Å²) in [7, 11) is -6.91. The van der Waals surface area contributed by atoms with E-state index in [4.69, 9.17) is 0 Å². The van der Waals surface area contributed by atoms with Crippen LogP contribution in [0.1, 0.15) is 40.2 Å². The van der Waals surface area contributed by atoms with E-state index in [1.54, 1.807) is 26.0 Å². The summed E-state index contributed by atoms with van der Waals surface area (Å²) in [5.74, 6) is -0.127. The summed E-state index contributed by atoms with van der Waals surface area (Å²) in [6.07, 6.45) is 0. The van der Waals surface area contributed by atoms with Crippen LogP contribution in [0.3, 0.4) is 0 Å². The van der Waals surface area contributed by atoms with Gasteiger partial charge in [0.15, 0.2) is 9.84 Å². The van der Waals surface area contributed by atoms with Gasteiger partial charge in [0.25, 0.3) is 0 Å². The van der Waals surface area contributed by atoms with Crippen LogP contribution in [0, 0.1) is 0 Å². The lowest BCUT2D eigenvalue weighted by atomic mass is 9.87. The maximum atomic E-state index is 12.8. The molecule has 1 heterocycles. The molecule has 0 aliphatic carbocycles. The number of hydrogen-bond acceptors (Lipinski definition) is 4. The number of benzene rings is 1. The van der Waals surface area contributed by atoms with Crippen LogP contribution in [0.2, 0.25) is 0 Å². The number of nitrogens with zero attached hydrogens (tertiary/aromatic N) is 1. The van der Waals surface area contributed by atoms with Gasteiger partial charge >= 0.3 is 0 Å². The van der Waals surface area contributed by atoms with E-state index in [1.165, 1.54) is 4.31 Å². The molecule has 130 valence electrons. The minimum absolute atomic E-state index is 0.0111. The second-order valence-electron chi connectivity index (χ2n) is 7.20. The van der Waals surface area contributed by atoms with Crippen LogP contribution in [-0.4, -0.2) is 44.7 Å². The highest BCUT2D eigenvalue weighted by molar-refractivity contribution is 7.92. The van der Waals surface area contributed by atoms with Crippen molar-refractivity contribution in [3.8, 4) is 0 Å². The van der Waals surface area contributed by atoms with Gasteiger partial charge in [-0.1, -0.05) is 32.9 Å². The van der Waals surface area contributed by atoms with E-state index in [9.17, 15) is 16.8 Å².